The summed E-state index contributed by atoms with van der Waals surface area (Å²) in [6, 6.07) is 4.11. The van der Waals surface area contributed by atoms with Crippen LogP contribution in [-0.2, 0) is 9.59 Å². The molecule has 3 N–H and O–H groups in total. The highest BCUT2D eigenvalue weighted by molar-refractivity contribution is 5.93. The van der Waals surface area contributed by atoms with Gasteiger partial charge in [-0.3, -0.25) is 9.59 Å². The van der Waals surface area contributed by atoms with Crippen LogP contribution in [0.2, 0.25) is 0 Å². The normalized spacial score (nSPS) is 12.1. The Balaban J connectivity index is 2.52. The van der Waals surface area contributed by atoms with Crippen molar-refractivity contribution in [2.45, 2.75) is 34.6 Å². The van der Waals surface area contributed by atoms with Crippen LogP contribution in [0.4, 0.5) is 5.69 Å². The fourth-order valence-corrected chi connectivity index (χ4v) is 2.55. The molecule has 1 unspecified atom stereocenters. The van der Waals surface area contributed by atoms with E-state index in [4.69, 9.17) is 0 Å². The summed E-state index contributed by atoms with van der Waals surface area (Å²) in [4.78, 5) is 24.8. The minimum Gasteiger partial charge on any atom is -0.351 e. The molecule has 2 amide bonds. The number of quaternary nitrogens is 1. The summed E-state index contributed by atoms with van der Waals surface area (Å²) in [5.41, 5.74) is 4.17. The molecular formula is C18H30N3O2+. The summed E-state index contributed by atoms with van der Waals surface area (Å²) in [6.45, 7) is 11.4. The molecule has 1 aromatic carbocycles. The van der Waals surface area contributed by atoms with Gasteiger partial charge < -0.3 is 15.5 Å². The van der Waals surface area contributed by atoms with E-state index in [9.17, 15) is 9.59 Å². The highest BCUT2D eigenvalue weighted by atomic mass is 16.2. The van der Waals surface area contributed by atoms with Gasteiger partial charge in [-0.05, 0) is 37.8 Å². The number of hydrogen-bond donors (Lipinski definition) is 3. The van der Waals surface area contributed by atoms with Gasteiger partial charge in [-0.15, -0.1) is 0 Å². The highest BCUT2D eigenvalue weighted by Gasteiger charge is 2.15. The molecule has 0 saturated carbocycles. The Kier molecular flexibility index (Phi) is 7.23. The van der Waals surface area contributed by atoms with Crippen LogP contribution in [0.15, 0.2) is 12.1 Å². The minimum absolute atomic E-state index is 0.0216. The van der Waals surface area contributed by atoms with E-state index in [-0.39, 0.29) is 18.4 Å². The fourth-order valence-electron chi connectivity index (χ4n) is 2.55. The van der Waals surface area contributed by atoms with Gasteiger partial charge >= 0.3 is 0 Å². The number of benzene rings is 1. The van der Waals surface area contributed by atoms with E-state index in [1.165, 1.54) is 5.56 Å². The molecule has 0 heterocycles. The molecule has 0 aliphatic rings. The first-order valence-corrected chi connectivity index (χ1v) is 8.14. The zero-order valence-electron chi connectivity index (χ0n) is 15.2. The quantitative estimate of drug-likeness (QED) is 0.697. The molecule has 5 nitrogen and oxygen atoms in total. The number of carbonyl (C=O) groups excluding carboxylic acids is 2. The van der Waals surface area contributed by atoms with Gasteiger partial charge in [0.15, 0.2) is 13.1 Å². The molecule has 0 fully saturated rings. The van der Waals surface area contributed by atoms with E-state index in [2.05, 4.69) is 36.6 Å². The number of hydrogen-bond acceptors (Lipinski definition) is 2. The van der Waals surface area contributed by atoms with Crippen molar-refractivity contribution in [2.75, 3.05) is 32.0 Å². The molecule has 0 spiro atoms. The van der Waals surface area contributed by atoms with E-state index in [0.29, 0.717) is 19.0 Å². The lowest BCUT2D eigenvalue weighted by atomic mass is 10.1. The summed E-state index contributed by atoms with van der Waals surface area (Å²) in [5, 5.41) is 5.84. The Morgan fingerprint density at radius 1 is 1.04 bits per heavy atom. The zero-order valence-corrected chi connectivity index (χ0v) is 15.2. The number of aryl methyl sites for hydroxylation is 3. The minimum atomic E-state index is -0.0748. The van der Waals surface area contributed by atoms with Gasteiger partial charge in [0.2, 0.25) is 0 Å². The van der Waals surface area contributed by atoms with Crippen LogP contribution in [0.25, 0.3) is 0 Å². The molecule has 1 aromatic rings. The lowest BCUT2D eigenvalue weighted by Gasteiger charge is -2.16. The van der Waals surface area contributed by atoms with Crippen molar-refractivity contribution in [3.8, 4) is 0 Å². The number of nitrogens with one attached hydrogen (secondary N) is 3. The van der Waals surface area contributed by atoms with Crippen LogP contribution in [0, 0.1) is 26.7 Å². The smallest absolute Gasteiger partial charge is 0.279 e. The van der Waals surface area contributed by atoms with Crippen LogP contribution < -0.4 is 15.5 Å². The third-order valence-corrected chi connectivity index (χ3v) is 3.57. The molecule has 0 bridgehead atoms. The predicted octanol–water partition coefficient (Wildman–Crippen LogP) is 0.837. The molecule has 0 saturated heterocycles. The maximum absolute atomic E-state index is 12.2. The first kappa shape index (κ1) is 19.2. The van der Waals surface area contributed by atoms with Crippen LogP contribution in [0.5, 0.6) is 0 Å². The molecule has 128 valence electrons. The molecule has 1 atom stereocenters. The summed E-state index contributed by atoms with van der Waals surface area (Å²) in [5.74, 6) is 0.330. The number of carbonyl (C=O) groups is 2. The lowest BCUT2D eigenvalue weighted by molar-refractivity contribution is -0.862. The average Bonchev–Trinajstić information content (AvgIpc) is 2.40. The van der Waals surface area contributed by atoms with Gasteiger partial charge in [-0.25, -0.2) is 0 Å². The van der Waals surface area contributed by atoms with Gasteiger partial charge in [0, 0.05) is 12.2 Å². The zero-order chi connectivity index (χ0) is 17.6. The predicted molar refractivity (Wildman–Crippen MR) is 93.8 cm³/mol. The number of rotatable bonds is 7. The van der Waals surface area contributed by atoms with Crippen molar-refractivity contribution < 1.29 is 14.5 Å². The monoisotopic (exact) mass is 320 g/mol. The average molecular weight is 320 g/mol. The molecule has 1 rings (SSSR count). The molecule has 0 aromatic heterocycles. The topological polar surface area (TPSA) is 62.6 Å². The molecule has 0 aliphatic carbocycles. The maximum atomic E-state index is 12.2. The van der Waals surface area contributed by atoms with Crippen molar-refractivity contribution in [2.24, 2.45) is 5.92 Å². The van der Waals surface area contributed by atoms with Crippen molar-refractivity contribution in [3.05, 3.63) is 28.8 Å². The molecular weight excluding hydrogens is 290 g/mol. The SMILES string of the molecule is Cc1cc(C)c(NC(=O)C[NH+](C)CC(=O)NCC(C)C)c(C)c1. The van der Waals surface area contributed by atoms with Crippen molar-refractivity contribution in [1.82, 2.24) is 5.32 Å². The van der Waals surface area contributed by atoms with Crippen LogP contribution in [0.3, 0.4) is 0 Å². The third kappa shape index (κ3) is 6.82. The van der Waals surface area contributed by atoms with Gasteiger partial charge in [0.25, 0.3) is 11.8 Å². The maximum Gasteiger partial charge on any atom is 0.279 e. The van der Waals surface area contributed by atoms with Gasteiger partial charge in [-0.1, -0.05) is 31.5 Å². The second kappa shape index (κ2) is 8.67. The molecule has 23 heavy (non-hydrogen) atoms. The van der Waals surface area contributed by atoms with Gasteiger partial charge in [-0.2, -0.15) is 0 Å². The van der Waals surface area contributed by atoms with Crippen molar-refractivity contribution >= 4 is 17.5 Å². The van der Waals surface area contributed by atoms with E-state index in [1.807, 2.05) is 27.8 Å². The summed E-state index contributed by atoms with van der Waals surface area (Å²) >= 11 is 0. The third-order valence-electron chi connectivity index (χ3n) is 3.57. The molecule has 0 aliphatic heterocycles. The Morgan fingerprint density at radius 2 is 1.57 bits per heavy atom. The van der Waals surface area contributed by atoms with E-state index < -0.39 is 0 Å². The number of amides is 2. The van der Waals surface area contributed by atoms with Crippen LogP contribution in [0.1, 0.15) is 30.5 Å². The van der Waals surface area contributed by atoms with E-state index >= 15 is 0 Å². The first-order chi connectivity index (χ1) is 10.7. The van der Waals surface area contributed by atoms with Gasteiger partial charge in [0.1, 0.15) is 0 Å². The second-order valence-corrected chi connectivity index (χ2v) is 6.83. The number of anilines is 1. The highest BCUT2D eigenvalue weighted by Crippen LogP contribution is 2.21. The van der Waals surface area contributed by atoms with Crippen LogP contribution >= 0.6 is 0 Å². The molecule has 0 radical (unpaired) electrons. The second-order valence-electron chi connectivity index (χ2n) is 6.83. The summed E-state index contributed by atoms with van der Waals surface area (Å²) in [7, 11) is 1.85. The van der Waals surface area contributed by atoms with Crippen molar-refractivity contribution in [3.63, 3.8) is 0 Å². The molecule has 5 heteroatoms. The fraction of sp³-hybridized carbons (Fsp3) is 0.556. The summed E-state index contributed by atoms with van der Waals surface area (Å²) in [6.07, 6.45) is 0. The van der Waals surface area contributed by atoms with Crippen molar-refractivity contribution in [1.29, 1.82) is 0 Å². The van der Waals surface area contributed by atoms with Gasteiger partial charge in [0.05, 0.1) is 7.05 Å². The Morgan fingerprint density at radius 3 is 2.09 bits per heavy atom. The summed E-state index contributed by atoms with van der Waals surface area (Å²) < 4.78 is 0. The first-order valence-electron chi connectivity index (χ1n) is 8.14. The Bertz CT molecular complexity index is 544. The van der Waals surface area contributed by atoms with Crippen LogP contribution in [-0.4, -0.2) is 38.5 Å². The largest absolute Gasteiger partial charge is 0.351 e. The number of likely N-dealkylation sites (N-methyl/N-ethyl adjacent to an activating group) is 1. The standard InChI is InChI=1S/C18H29N3O2/c1-12(2)9-19-16(22)10-21(6)11-17(23)20-18-14(4)7-13(3)8-15(18)5/h7-8,12H,9-11H2,1-6H3,(H,19,22)(H,20,23)/p+1. The Hall–Kier alpha value is -1.88. The van der Waals surface area contributed by atoms with E-state index in [0.717, 1.165) is 21.7 Å². The van der Waals surface area contributed by atoms with E-state index in [1.54, 1.807) is 0 Å². The lowest BCUT2D eigenvalue weighted by Crippen LogP contribution is -3.11. The Labute approximate surface area is 139 Å².